The molecule has 1 aliphatic carbocycles. The molecule has 0 aromatic heterocycles. The second-order valence-corrected chi connectivity index (χ2v) is 6.56. The van der Waals surface area contributed by atoms with Crippen LogP contribution in [0, 0.1) is 5.92 Å². The molecule has 1 saturated carbocycles. The lowest BCUT2D eigenvalue weighted by Crippen LogP contribution is -2.26. The SMILES string of the molecule is CCCC1CCC(Nc2ccccc2SC(F)F)CC1. The summed E-state index contributed by atoms with van der Waals surface area (Å²) < 4.78 is 25.1. The summed E-state index contributed by atoms with van der Waals surface area (Å²) in [5, 5.41) is 3.46. The number of nitrogens with one attached hydrogen (secondary N) is 1. The van der Waals surface area contributed by atoms with Gasteiger partial charge in [0.05, 0.1) is 0 Å². The molecule has 1 fully saturated rings. The molecule has 0 bridgehead atoms. The van der Waals surface area contributed by atoms with Crippen molar-refractivity contribution < 1.29 is 8.78 Å². The number of rotatable bonds is 6. The largest absolute Gasteiger partial charge is 0.381 e. The predicted molar refractivity (Wildman–Crippen MR) is 82.6 cm³/mol. The Morgan fingerprint density at radius 2 is 1.90 bits per heavy atom. The summed E-state index contributed by atoms with van der Waals surface area (Å²) in [6.07, 6.45) is 7.41. The van der Waals surface area contributed by atoms with Crippen LogP contribution in [0.1, 0.15) is 45.4 Å². The summed E-state index contributed by atoms with van der Waals surface area (Å²) in [4.78, 5) is 0.651. The van der Waals surface area contributed by atoms with Gasteiger partial charge in [-0.15, -0.1) is 0 Å². The van der Waals surface area contributed by atoms with E-state index in [4.69, 9.17) is 0 Å². The topological polar surface area (TPSA) is 12.0 Å². The van der Waals surface area contributed by atoms with E-state index in [1.807, 2.05) is 18.2 Å². The lowest BCUT2D eigenvalue weighted by molar-refractivity contribution is 0.252. The van der Waals surface area contributed by atoms with Gasteiger partial charge < -0.3 is 5.32 Å². The van der Waals surface area contributed by atoms with Crippen LogP contribution in [0.4, 0.5) is 14.5 Å². The third-order valence-corrected chi connectivity index (χ3v) is 4.79. The predicted octanol–water partition coefficient (Wildman–Crippen LogP) is 5.77. The summed E-state index contributed by atoms with van der Waals surface area (Å²) in [5.41, 5.74) is 0.858. The number of alkyl halides is 2. The maximum absolute atomic E-state index is 12.6. The van der Waals surface area contributed by atoms with Crippen molar-refractivity contribution in [3.63, 3.8) is 0 Å². The van der Waals surface area contributed by atoms with Crippen LogP contribution >= 0.6 is 11.8 Å². The average Bonchev–Trinajstić information content (AvgIpc) is 2.43. The summed E-state index contributed by atoms with van der Waals surface area (Å²) in [6, 6.07) is 7.82. The van der Waals surface area contributed by atoms with Crippen molar-refractivity contribution in [1.29, 1.82) is 0 Å². The van der Waals surface area contributed by atoms with E-state index in [0.717, 1.165) is 24.4 Å². The average molecular weight is 299 g/mol. The highest BCUT2D eigenvalue weighted by atomic mass is 32.2. The van der Waals surface area contributed by atoms with Crippen LogP contribution < -0.4 is 5.32 Å². The molecular weight excluding hydrogens is 276 g/mol. The quantitative estimate of drug-likeness (QED) is 0.669. The van der Waals surface area contributed by atoms with E-state index in [0.29, 0.717) is 22.7 Å². The fourth-order valence-corrected chi connectivity index (χ4v) is 3.61. The van der Waals surface area contributed by atoms with E-state index < -0.39 is 5.76 Å². The van der Waals surface area contributed by atoms with E-state index in [1.165, 1.54) is 25.7 Å². The normalized spacial score (nSPS) is 23.0. The summed E-state index contributed by atoms with van der Waals surface area (Å²) in [7, 11) is 0. The Kier molecular flexibility index (Phi) is 6.14. The monoisotopic (exact) mass is 299 g/mol. The number of benzene rings is 1. The number of thioether (sulfide) groups is 1. The Bertz CT molecular complexity index is 403. The first-order chi connectivity index (χ1) is 9.69. The fraction of sp³-hybridized carbons (Fsp3) is 0.625. The van der Waals surface area contributed by atoms with Crippen molar-refractivity contribution >= 4 is 17.4 Å². The van der Waals surface area contributed by atoms with Gasteiger partial charge in [-0.2, -0.15) is 8.78 Å². The summed E-state index contributed by atoms with van der Waals surface area (Å²) >= 11 is 0.626. The van der Waals surface area contributed by atoms with Crippen molar-refractivity contribution in [2.24, 2.45) is 5.92 Å². The van der Waals surface area contributed by atoms with Gasteiger partial charge in [0.15, 0.2) is 0 Å². The Morgan fingerprint density at radius 3 is 2.55 bits per heavy atom. The van der Waals surface area contributed by atoms with E-state index in [9.17, 15) is 8.78 Å². The van der Waals surface area contributed by atoms with Gasteiger partial charge in [0, 0.05) is 16.6 Å². The van der Waals surface area contributed by atoms with Crippen LogP contribution in [0.5, 0.6) is 0 Å². The Hall–Kier alpha value is -0.770. The summed E-state index contributed by atoms with van der Waals surface area (Å²) in [5.74, 6) is -1.50. The first kappa shape index (κ1) is 15.6. The van der Waals surface area contributed by atoms with Gasteiger partial charge in [-0.1, -0.05) is 43.7 Å². The maximum atomic E-state index is 12.6. The molecule has 0 spiro atoms. The third kappa shape index (κ3) is 4.65. The molecule has 1 aromatic carbocycles. The Balaban J connectivity index is 1.91. The minimum absolute atomic E-state index is 0.433. The highest BCUT2D eigenvalue weighted by molar-refractivity contribution is 7.99. The van der Waals surface area contributed by atoms with Crippen molar-refractivity contribution in [3.05, 3.63) is 24.3 Å². The number of hydrogen-bond donors (Lipinski definition) is 1. The van der Waals surface area contributed by atoms with Crippen LogP contribution in [0.25, 0.3) is 0 Å². The number of halogens is 2. The van der Waals surface area contributed by atoms with E-state index >= 15 is 0 Å². The first-order valence-corrected chi connectivity index (χ1v) is 8.37. The van der Waals surface area contributed by atoms with Crippen molar-refractivity contribution in [2.45, 2.75) is 62.1 Å². The van der Waals surface area contributed by atoms with Crippen LogP contribution in [0.3, 0.4) is 0 Å². The first-order valence-electron chi connectivity index (χ1n) is 7.49. The fourth-order valence-electron chi connectivity index (χ4n) is 3.01. The molecule has 1 nitrogen and oxygen atoms in total. The molecule has 0 saturated heterocycles. The molecule has 20 heavy (non-hydrogen) atoms. The zero-order valence-corrected chi connectivity index (χ0v) is 12.8. The molecule has 1 N–H and O–H groups in total. The molecule has 0 aliphatic heterocycles. The lowest BCUT2D eigenvalue weighted by atomic mass is 9.83. The van der Waals surface area contributed by atoms with Gasteiger partial charge in [0.2, 0.25) is 0 Å². The molecule has 1 aromatic rings. The zero-order chi connectivity index (χ0) is 14.4. The maximum Gasteiger partial charge on any atom is 0.288 e. The van der Waals surface area contributed by atoms with Gasteiger partial charge in [0.1, 0.15) is 0 Å². The van der Waals surface area contributed by atoms with Crippen LogP contribution in [0.15, 0.2) is 29.2 Å². The summed E-state index contributed by atoms with van der Waals surface area (Å²) in [6.45, 7) is 2.24. The van der Waals surface area contributed by atoms with Gasteiger partial charge in [-0.3, -0.25) is 0 Å². The van der Waals surface area contributed by atoms with Crippen LogP contribution in [0.2, 0.25) is 0 Å². The molecule has 0 heterocycles. The highest BCUT2D eigenvalue weighted by Crippen LogP contribution is 2.34. The van der Waals surface area contributed by atoms with Crippen LogP contribution in [-0.4, -0.2) is 11.8 Å². The molecule has 112 valence electrons. The van der Waals surface area contributed by atoms with Gasteiger partial charge >= 0.3 is 0 Å². The second-order valence-electron chi connectivity index (χ2n) is 5.53. The van der Waals surface area contributed by atoms with Gasteiger partial charge in [-0.05, 0) is 43.7 Å². The van der Waals surface area contributed by atoms with E-state index in [2.05, 4.69) is 12.2 Å². The van der Waals surface area contributed by atoms with Crippen molar-refractivity contribution in [2.75, 3.05) is 5.32 Å². The number of anilines is 1. The smallest absolute Gasteiger partial charge is 0.288 e. The highest BCUT2D eigenvalue weighted by Gasteiger charge is 2.21. The van der Waals surface area contributed by atoms with E-state index in [1.54, 1.807) is 6.07 Å². The number of hydrogen-bond acceptors (Lipinski definition) is 2. The Morgan fingerprint density at radius 1 is 1.20 bits per heavy atom. The molecule has 2 rings (SSSR count). The molecular formula is C16H23F2NS. The zero-order valence-electron chi connectivity index (χ0n) is 11.9. The molecule has 0 amide bonds. The second kappa shape index (κ2) is 7.87. The minimum atomic E-state index is -2.36. The van der Waals surface area contributed by atoms with Crippen molar-refractivity contribution in [1.82, 2.24) is 0 Å². The molecule has 0 unspecified atom stereocenters. The lowest BCUT2D eigenvalue weighted by Gasteiger charge is -2.30. The molecule has 0 radical (unpaired) electrons. The molecule has 4 heteroatoms. The minimum Gasteiger partial charge on any atom is -0.381 e. The van der Waals surface area contributed by atoms with Gasteiger partial charge in [-0.25, -0.2) is 0 Å². The standard InChI is InChI=1S/C16H23F2NS/c1-2-5-12-8-10-13(11-9-12)19-14-6-3-4-7-15(14)20-16(17)18/h3-4,6-7,12-13,16,19H,2,5,8-11H2,1H3. The van der Waals surface area contributed by atoms with Crippen LogP contribution in [-0.2, 0) is 0 Å². The Labute approximate surface area is 124 Å². The number of para-hydroxylation sites is 1. The van der Waals surface area contributed by atoms with E-state index in [-0.39, 0.29) is 0 Å². The third-order valence-electron chi connectivity index (χ3n) is 4.01. The molecule has 0 atom stereocenters. The van der Waals surface area contributed by atoms with Crippen molar-refractivity contribution in [3.8, 4) is 0 Å². The van der Waals surface area contributed by atoms with Gasteiger partial charge in [0.25, 0.3) is 5.76 Å². The molecule has 1 aliphatic rings.